The van der Waals surface area contributed by atoms with Crippen molar-refractivity contribution < 1.29 is 9.53 Å². The van der Waals surface area contributed by atoms with E-state index in [0.717, 1.165) is 19.3 Å². The van der Waals surface area contributed by atoms with Crippen molar-refractivity contribution in [3.05, 3.63) is 12.2 Å². The van der Waals surface area contributed by atoms with E-state index in [1.54, 1.807) is 0 Å². The minimum absolute atomic E-state index is 0.251. The lowest BCUT2D eigenvalue weighted by atomic mass is 10.0. The van der Waals surface area contributed by atoms with Gasteiger partial charge in [-0.1, -0.05) is 32.9 Å². The maximum atomic E-state index is 10.1. The first-order valence-electron chi connectivity index (χ1n) is 6.20. The van der Waals surface area contributed by atoms with E-state index in [2.05, 4.69) is 39.9 Å². The topological polar surface area (TPSA) is 29.5 Å². The zero-order valence-electron chi connectivity index (χ0n) is 11.3. The van der Waals surface area contributed by atoms with Gasteiger partial charge in [0.15, 0.2) is 8.32 Å². The molecule has 1 aliphatic carbocycles. The highest BCUT2D eigenvalue weighted by Crippen LogP contribution is 2.37. The molecule has 0 saturated heterocycles. The Morgan fingerprint density at radius 2 is 2.00 bits per heavy atom. The standard InChI is InChI=1S/C13H26O2Si/c1-12(2,3)16(4,5)15-11-10-13(14)8-6-7-9-13/h6,8,14H,7,9-11H2,1-5H3. The van der Waals surface area contributed by atoms with Gasteiger partial charge in [0.05, 0.1) is 5.60 Å². The maximum absolute atomic E-state index is 10.1. The average Bonchev–Trinajstić information content (AvgIpc) is 2.50. The molecule has 0 saturated carbocycles. The summed E-state index contributed by atoms with van der Waals surface area (Å²) in [5.74, 6) is 0. The van der Waals surface area contributed by atoms with Gasteiger partial charge in [0.1, 0.15) is 0 Å². The summed E-state index contributed by atoms with van der Waals surface area (Å²) in [6.07, 6.45) is 6.58. The Bertz CT molecular complexity index is 266. The first-order valence-corrected chi connectivity index (χ1v) is 9.11. The highest BCUT2D eigenvalue weighted by molar-refractivity contribution is 6.74. The van der Waals surface area contributed by atoms with Crippen LogP contribution in [0.15, 0.2) is 12.2 Å². The molecule has 1 N–H and O–H groups in total. The Morgan fingerprint density at radius 3 is 2.44 bits per heavy atom. The van der Waals surface area contributed by atoms with E-state index in [0.29, 0.717) is 6.61 Å². The first kappa shape index (κ1) is 13.9. The molecule has 0 amide bonds. The van der Waals surface area contributed by atoms with Crippen molar-refractivity contribution >= 4 is 8.32 Å². The highest BCUT2D eigenvalue weighted by atomic mass is 28.4. The van der Waals surface area contributed by atoms with Crippen molar-refractivity contribution in [2.45, 2.75) is 63.8 Å². The van der Waals surface area contributed by atoms with Gasteiger partial charge in [0.2, 0.25) is 0 Å². The molecule has 0 aromatic heterocycles. The third kappa shape index (κ3) is 3.44. The fourth-order valence-electron chi connectivity index (χ4n) is 1.63. The van der Waals surface area contributed by atoms with Crippen molar-refractivity contribution in [3.8, 4) is 0 Å². The van der Waals surface area contributed by atoms with Gasteiger partial charge in [-0.05, 0) is 31.0 Å². The van der Waals surface area contributed by atoms with E-state index in [4.69, 9.17) is 4.43 Å². The fraction of sp³-hybridized carbons (Fsp3) is 0.846. The van der Waals surface area contributed by atoms with Crippen LogP contribution in [0.25, 0.3) is 0 Å². The van der Waals surface area contributed by atoms with Crippen molar-refractivity contribution in [3.63, 3.8) is 0 Å². The highest BCUT2D eigenvalue weighted by Gasteiger charge is 2.37. The fourth-order valence-corrected chi connectivity index (χ4v) is 2.67. The minimum Gasteiger partial charge on any atom is -0.417 e. The SMILES string of the molecule is CC(C)(C)[Si](C)(C)OCCC1(O)C=CCC1. The van der Waals surface area contributed by atoms with Gasteiger partial charge in [-0.2, -0.15) is 0 Å². The Kier molecular flexibility index (Phi) is 4.03. The zero-order valence-corrected chi connectivity index (χ0v) is 12.3. The van der Waals surface area contributed by atoms with Crippen molar-refractivity contribution in [2.24, 2.45) is 0 Å². The number of allylic oxidation sites excluding steroid dienone is 1. The lowest BCUT2D eigenvalue weighted by Crippen LogP contribution is -2.42. The largest absolute Gasteiger partial charge is 0.417 e. The van der Waals surface area contributed by atoms with Crippen LogP contribution in [0.4, 0.5) is 0 Å². The molecule has 0 aliphatic heterocycles. The van der Waals surface area contributed by atoms with Crippen LogP contribution in [0, 0.1) is 0 Å². The molecular formula is C13H26O2Si. The van der Waals surface area contributed by atoms with Crippen LogP contribution in [-0.2, 0) is 4.43 Å². The Morgan fingerprint density at radius 1 is 1.38 bits per heavy atom. The smallest absolute Gasteiger partial charge is 0.191 e. The summed E-state index contributed by atoms with van der Waals surface area (Å²) < 4.78 is 6.07. The van der Waals surface area contributed by atoms with Gasteiger partial charge in [0.25, 0.3) is 0 Å². The van der Waals surface area contributed by atoms with Crippen LogP contribution in [0.5, 0.6) is 0 Å². The summed E-state index contributed by atoms with van der Waals surface area (Å²) in [6, 6.07) is 0. The van der Waals surface area contributed by atoms with Gasteiger partial charge in [-0.25, -0.2) is 0 Å². The molecule has 1 unspecified atom stereocenters. The summed E-state index contributed by atoms with van der Waals surface area (Å²) in [4.78, 5) is 0. The molecule has 0 bridgehead atoms. The first-order chi connectivity index (χ1) is 7.16. The summed E-state index contributed by atoms with van der Waals surface area (Å²) in [5.41, 5.74) is -0.595. The van der Waals surface area contributed by atoms with Gasteiger partial charge in [0, 0.05) is 13.0 Å². The Hall–Kier alpha value is -0.123. The average molecular weight is 242 g/mol. The van der Waals surface area contributed by atoms with Crippen molar-refractivity contribution in [1.29, 1.82) is 0 Å². The van der Waals surface area contributed by atoms with Gasteiger partial charge < -0.3 is 9.53 Å². The minimum atomic E-state index is -1.64. The molecule has 94 valence electrons. The van der Waals surface area contributed by atoms with E-state index >= 15 is 0 Å². The molecule has 0 aromatic carbocycles. The van der Waals surface area contributed by atoms with Crippen LogP contribution in [0.3, 0.4) is 0 Å². The molecule has 1 atom stereocenters. The van der Waals surface area contributed by atoms with Crippen LogP contribution >= 0.6 is 0 Å². The predicted molar refractivity (Wildman–Crippen MR) is 71.1 cm³/mol. The predicted octanol–water partition coefficient (Wildman–Crippen LogP) is 3.48. The number of rotatable bonds is 4. The van der Waals surface area contributed by atoms with Gasteiger partial charge in [-0.15, -0.1) is 0 Å². The summed E-state index contributed by atoms with van der Waals surface area (Å²) >= 11 is 0. The Balaban J connectivity index is 2.38. The molecule has 3 heteroatoms. The third-order valence-corrected chi connectivity index (χ3v) is 8.51. The lowest BCUT2D eigenvalue weighted by Gasteiger charge is -2.37. The van der Waals surface area contributed by atoms with Crippen molar-refractivity contribution in [2.75, 3.05) is 6.61 Å². The maximum Gasteiger partial charge on any atom is 0.191 e. The molecular weight excluding hydrogens is 216 g/mol. The van der Waals surface area contributed by atoms with Crippen LogP contribution in [-0.4, -0.2) is 25.6 Å². The van der Waals surface area contributed by atoms with Crippen LogP contribution in [0.1, 0.15) is 40.0 Å². The van der Waals surface area contributed by atoms with Crippen molar-refractivity contribution in [1.82, 2.24) is 0 Å². The second-order valence-electron chi connectivity index (χ2n) is 6.40. The number of hydrogen-bond donors (Lipinski definition) is 1. The van der Waals surface area contributed by atoms with Crippen LogP contribution in [0.2, 0.25) is 18.1 Å². The molecule has 0 spiro atoms. The quantitative estimate of drug-likeness (QED) is 0.604. The second-order valence-corrected chi connectivity index (χ2v) is 11.2. The second kappa shape index (κ2) is 4.63. The monoisotopic (exact) mass is 242 g/mol. The molecule has 0 heterocycles. The van der Waals surface area contributed by atoms with E-state index in [-0.39, 0.29) is 5.04 Å². The van der Waals surface area contributed by atoms with Gasteiger partial charge in [-0.3, -0.25) is 0 Å². The third-order valence-electron chi connectivity index (χ3n) is 3.98. The zero-order chi connectivity index (χ0) is 12.4. The van der Waals surface area contributed by atoms with E-state index < -0.39 is 13.9 Å². The molecule has 0 radical (unpaired) electrons. The molecule has 1 aliphatic rings. The molecule has 0 aromatic rings. The number of aliphatic hydroxyl groups is 1. The molecule has 0 fully saturated rings. The summed E-state index contributed by atoms with van der Waals surface area (Å²) in [6.45, 7) is 11.9. The lowest BCUT2D eigenvalue weighted by molar-refractivity contribution is 0.0629. The summed E-state index contributed by atoms with van der Waals surface area (Å²) in [5, 5.41) is 10.4. The molecule has 16 heavy (non-hydrogen) atoms. The van der Waals surface area contributed by atoms with E-state index in [9.17, 15) is 5.11 Å². The summed E-state index contributed by atoms with van der Waals surface area (Å²) in [7, 11) is -1.64. The van der Waals surface area contributed by atoms with Crippen LogP contribution < -0.4 is 0 Å². The molecule has 2 nitrogen and oxygen atoms in total. The van der Waals surface area contributed by atoms with E-state index in [1.807, 2.05) is 6.08 Å². The van der Waals surface area contributed by atoms with E-state index in [1.165, 1.54) is 0 Å². The Labute approximate surface area is 101 Å². The molecule has 1 rings (SSSR count). The normalized spacial score (nSPS) is 26.4. The van der Waals surface area contributed by atoms with Gasteiger partial charge >= 0.3 is 0 Å². The number of hydrogen-bond acceptors (Lipinski definition) is 2.